The molecule has 0 radical (unpaired) electrons. The van der Waals surface area contributed by atoms with E-state index in [9.17, 15) is 9.59 Å². The van der Waals surface area contributed by atoms with Gasteiger partial charge in [0.05, 0.1) is 5.56 Å². The van der Waals surface area contributed by atoms with Gasteiger partial charge in [-0.05, 0) is 49.2 Å². The summed E-state index contributed by atoms with van der Waals surface area (Å²) in [4.78, 5) is 23.9. The number of hydrogen-bond donors (Lipinski definition) is 2. The number of aryl methyl sites for hydroxylation is 2. The van der Waals surface area contributed by atoms with Gasteiger partial charge in [-0.3, -0.25) is 4.79 Å². The van der Waals surface area contributed by atoms with Crippen LogP contribution in [0.4, 0.5) is 11.4 Å². The first kappa shape index (κ1) is 17.0. The number of carbonyl (C=O) groups is 2. The maximum absolute atomic E-state index is 12.0. The van der Waals surface area contributed by atoms with Gasteiger partial charge in [0.15, 0.2) is 6.61 Å². The summed E-state index contributed by atoms with van der Waals surface area (Å²) in [6.45, 7) is 3.45. The van der Waals surface area contributed by atoms with Crippen LogP contribution in [0.15, 0.2) is 40.9 Å². The number of nitrogens with one attached hydrogen (secondary N) is 1. The lowest BCUT2D eigenvalue weighted by Gasteiger charge is -2.10. The van der Waals surface area contributed by atoms with E-state index in [1.807, 2.05) is 32.0 Å². The van der Waals surface area contributed by atoms with Crippen molar-refractivity contribution in [3.05, 3.63) is 57.6 Å². The lowest BCUT2D eigenvalue weighted by atomic mass is 10.1. The van der Waals surface area contributed by atoms with Crippen molar-refractivity contribution < 1.29 is 14.3 Å². The second kappa shape index (κ2) is 7.28. The predicted octanol–water partition coefficient (Wildman–Crippen LogP) is 3.44. The molecule has 0 atom stereocenters. The number of ether oxygens (including phenoxy) is 1. The van der Waals surface area contributed by atoms with Crippen molar-refractivity contribution in [1.82, 2.24) is 0 Å². The molecule has 0 spiro atoms. The molecule has 2 rings (SSSR count). The van der Waals surface area contributed by atoms with E-state index < -0.39 is 11.9 Å². The SMILES string of the molecule is Cc1ccc(C)c(NC(=O)COC(=O)c2cc(Br)ccc2N)c1. The van der Waals surface area contributed by atoms with E-state index in [2.05, 4.69) is 21.2 Å². The first-order chi connectivity index (χ1) is 10.9. The van der Waals surface area contributed by atoms with Gasteiger partial charge in [-0.15, -0.1) is 0 Å². The number of benzene rings is 2. The fraction of sp³-hybridized carbons (Fsp3) is 0.176. The maximum Gasteiger partial charge on any atom is 0.340 e. The molecule has 0 fully saturated rings. The Balaban J connectivity index is 1.97. The Kier molecular flexibility index (Phi) is 5.39. The van der Waals surface area contributed by atoms with E-state index in [0.717, 1.165) is 11.1 Å². The first-order valence-electron chi connectivity index (χ1n) is 6.96. The second-order valence-electron chi connectivity index (χ2n) is 5.17. The monoisotopic (exact) mass is 376 g/mol. The second-order valence-corrected chi connectivity index (χ2v) is 6.09. The van der Waals surface area contributed by atoms with Crippen LogP contribution in [0.2, 0.25) is 0 Å². The normalized spacial score (nSPS) is 10.2. The maximum atomic E-state index is 12.0. The minimum atomic E-state index is -0.639. The van der Waals surface area contributed by atoms with Gasteiger partial charge >= 0.3 is 5.97 Å². The number of carbonyl (C=O) groups excluding carboxylic acids is 2. The Bertz CT molecular complexity index is 759. The van der Waals surface area contributed by atoms with Crippen molar-refractivity contribution in [2.24, 2.45) is 0 Å². The number of anilines is 2. The minimum Gasteiger partial charge on any atom is -0.452 e. The Morgan fingerprint density at radius 2 is 1.91 bits per heavy atom. The molecule has 0 aliphatic rings. The quantitative estimate of drug-likeness (QED) is 0.632. The molecule has 5 nitrogen and oxygen atoms in total. The van der Waals surface area contributed by atoms with Gasteiger partial charge in [0.25, 0.3) is 5.91 Å². The average molecular weight is 377 g/mol. The molecule has 0 saturated heterocycles. The van der Waals surface area contributed by atoms with Crippen LogP contribution in [0.3, 0.4) is 0 Å². The number of nitrogen functional groups attached to an aromatic ring is 1. The van der Waals surface area contributed by atoms with E-state index in [0.29, 0.717) is 15.8 Å². The highest BCUT2D eigenvalue weighted by atomic mass is 79.9. The minimum absolute atomic E-state index is 0.221. The largest absolute Gasteiger partial charge is 0.452 e. The summed E-state index contributed by atoms with van der Waals surface area (Å²) in [5.41, 5.74) is 8.93. The van der Waals surface area contributed by atoms with Crippen molar-refractivity contribution in [2.75, 3.05) is 17.7 Å². The number of halogens is 1. The van der Waals surface area contributed by atoms with E-state index in [1.54, 1.807) is 18.2 Å². The Morgan fingerprint density at radius 3 is 2.65 bits per heavy atom. The standard InChI is InChI=1S/C17H17BrN2O3/c1-10-3-4-11(2)15(7-10)20-16(21)9-23-17(22)13-8-12(18)5-6-14(13)19/h3-8H,9,19H2,1-2H3,(H,20,21). The van der Waals surface area contributed by atoms with E-state index >= 15 is 0 Å². The fourth-order valence-electron chi connectivity index (χ4n) is 1.97. The average Bonchev–Trinajstić information content (AvgIpc) is 2.51. The topological polar surface area (TPSA) is 81.4 Å². The zero-order chi connectivity index (χ0) is 17.0. The number of esters is 1. The lowest BCUT2D eigenvalue weighted by Crippen LogP contribution is -2.21. The highest BCUT2D eigenvalue weighted by Crippen LogP contribution is 2.19. The molecular formula is C17H17BrN2O3. The van der Waals surface area contributed by atoms with Crippen LogP contribution in [-0.4, -0.2) is 18.5 Å². The van der Waals surface area contributed by atoms with Gasteiger partial charge in [-0.1, -0.05) is 28.1 Å². The molecule has 3 N–H and O–H groups in total. The van der Waals surface area contributed by atoms with E-state index in [-0.39, 0.29) is 12.2 Å². The molecule has 2 aromatic rings. The number of hydrogen-bond acceptors (Lipinski definition) is 4. The van der Waals surface area contributed by atoms with Gasteiger partial charge < -0.3 is 15.8 Å². The summed E-state index contributed by atoms with van der Waals surface area (Å²) in [5.74, 6) is -1.04. The molecule has 0 aliphatic heterocycles. The lowest BCUT2D eigenvalue weighted by molar-refractivity contribution is -0.119. The Labute approximate surface area is 143 Å². The highest BCUT2D eigenvalue weighted by molar-refractivity contribution is 9.10. The molecule has 0 aromatic heterocycles. The molecule has 2 aromatic carbocycles. The summed E-state index contributed by atoms with van der Waals surface area (Å²) >= 11 is 3.26. The van der Waals surface area contributed by atoms with Crippen LogP contribution in [-0.2, 0) is 9.53 Å². The van der Waals surface area contributed by atoms with Crippen molar-refractivity contribution >= 4 is 39.2 Å². The van der Waals surface area contributed by atoms with Crippen LogP contribution in [0.5, 0.6) is 0 Å². The van der Waals surface area contributed by atoms with Crippen LogP contribution < -0.4 is 11.1 Å². The van der Waals surface area contributed by atoms with Crippen molar-refractivity contribution in [1.29, 1.82) is 0 Å². The highest BCUT2D eigenvalue weighted by Gasteiger charge is 2.14. The zero-order valence-electron chi connectivity index (χ0n) is 12.9. The van der Waals surface area contributed by atoms with Crippen molar-refractivity contribution in [3.8, 4) is 0 Å². The molecule has 23 heavy (non-hydrogen) atoms. The number of nitrogens with two attached hydrogens (primary N) is 1. The molecule has 0 unspecified atom stereocenters. The van der Waals surface area contributed by atoms with Crippen molar-refractivity contribution in [2.45, 2.75) is 13.8 Å². The molecule has 1 amide bonds. The third-order valence-electron chi connectivity index (χ3n) is 3.24. The van der Waals surface area contributed by atoms with Crippen LogP contribution in [0.25, 0.3) is 0 Å². The van der Waals surface area contributed by atoms with E-state index in [1.165, 1.54) is 0 Å². The predicted molar refractivity (Wildman–Crippen MR) is 93.4 cm³/mol. The molecule has 120 valence electrons. The zero-order valence-corrected chi connectivity index (χ0v) is 14.4. The van der Waals surface area contributed by atoms with Gasteiger partial charge in [0, 0.05) is 15.8 Å². The third-order valence-corrected chi connectivity index (χ3v) is 3.73. The summed E-state index contributed by atoms with van der Waals surface area (Å²) in [5, 5.41) is 2.73. The van der Waals surface area contributed by atoms with Crippen LogP contribution >= 0.6 is 15.9 Å². The first-order valence-corrected chi connectivity index (χ1v) is 7.75. The smallest absolute Gasteiger partial charge is 0.340 e. The van der Waals surface area contributed by atoms with Crippen molar-refractivity contribution in [3.63, 3.8) is 0 Å². The number of amides is 1. The van der Waals surface area contributed by atoms with Gasteiger partial charge in [0.1, 0.15) is 0 Å². The fourth-order valence-corrected chi connectivity index (χ4v) is 2.33. The van der Waals surface area contributed by atoms with Gasteiger partial charge in [0.2, 0.25) is 0 Å². The summed E-state index contributed by atoms with van der Waals surface area (Å²) in [6.07, 6.45) is 0. The summed E-state index contributed by atoms with van der Waals surface area (Å²) in [7, 11) is 0. The van der Waals surface area contributed by atoms with Crippen LogP contribution in [0.1, 0.15) is 21.5 Å². The molecule has 0 bridgehead atoms. The number of rotatable bonds is 4. The molecule has 0 saturated carbocycles. The van der Waals surface area contributed by atoms with Gasteiger partial charge in [-0.2, -0.15) is 0 Å². The Morgan fingerprint density at radius 1 is 1.17 bits per heavy atom. The van der Waals surface area contributed by atoms with Crippen LogP contribution in [0, 0.1) is 13.8 Å². The van der Waals surface area contributed by atoms with Gasteiger partial charge in [-0.25, -0.2) is 4.79 Å². The Hall–Kier alpha value is -2.34. The molecule has 6 heteroatoms. The molecule has 0 heterocycles. The van der Waals surface area contributed by atoms with E-state index in [4.69, 9.17) is 10.5 Å². The summed E-state index contributed by atoms with van der Waals surface area (Å²) < 4.78 is 5.72. The summed E-state index contributed by atoms with van der Waals surface area (Å²) in [6, 6.07) is 10.6. The molecular weight excluding hydrogens is 360 g/mol. The third kappa shape index (κ3) is 4.56. The molecule has 0 aliphatic carbocycles.